The summed E-state index contributed by atoms with van der Waals surface area (Å²) in [6.45, 7) is 2.49. The van der Waals surface area contributed by atoms with Gasteiger partial charge < -0.3 is 9.84 Å². The number of hydrogen-bond acceptors (Lipinski definition) is 4. The lowest BCUT2D eigenvalue weighted by atomic mass is 9.90. The summed E-state index contributed by atoms with van der Waals surface area (Å²) in [4.78, 5) is 10.7. The smallest absolute Gasteiger partial charge is 0.335 e. The standard InChI is InChI=1S/C13H16ClNO5S/c1-2-20-10-6-9(7-10)15-21(18,19)12-4-3-8(13(16)17)5-11(12)14/h3-5,9-10,15H,2,6-7H2,1H3,(H,16,17). The van der Waals surface area contributed by atoms with E-state index in [-0.39, 0.29) is 27.6 Å². The molecule has 0 amide bonds. The van der Waals surface area contributed by atoms with Crippen molar-refractivity contribution in [3.8, 4) is 0 Å². The van der Waals surface area contributed by atoms with Gasteiger partial charge in [0.25, 0.3) is 0 Å². The van der Waals surface area contributed by atoms with Gasteiger partial charge in [0.1, 0.15) is 4.90 Å². The van der Waals surface area contributed by atoms with Gasteiger partial charge in [0.05, 0.1) is 16.7 Å². The zero-order valence-electron chi connectivity index (χ0n) is 11.4. The Balaban J connectivity index is 2.08. The number of aromatic carboxylic acids is 1. The number of carboxylic acids is 1. The minimum absolute atomic E-state index is 0.0565. The van der Waals surface area contributed by atoms with Crippen molar-refractivity contribution in [3.05, 3.63) is 28.8 Å². The van der Waals surface area contributed by atoms with Crippen molar-refractivity contribution in [2.45, 2.75) is 36.8 Å². The quantitative estimate of drug-likeness (QED) is 0.829. The highest BCUT2D eigenvalue weighted by Crippen LogP contribution is 2.27. The highest BCUT2D eigenvalue weighted by atomic mass is 35.5. The molecule has 2 N–H and O–H groups in total. The first-order valence-corrected chi connectivity index (χ1v) is 8.36. The fourth-order valence-electron chi connectivity index (χ4n) is 2.17. The molecule has 0 aromatic heterocycles. The Labute approximate surface area is 128 Å². The van der Waals surface area contributed by atoms with Crippen molar-refractivity contribution in [2.75, 3.05) is 6.61 Å². The van der Waals surface area contributed by atoms with Gasteiger partial charge in [-0.3, -0.25) is 0 Å². The maximum atomic E-state index is 12.2. The maximum absolute atomic E-state index is 12.2. The van der Waals surface area contributed by atoms with E-state index in [1.165, 1.54) is 12.1 Å². The average Bonchev–Trinajstić information content (AvgIpc) is 2.35. The lowest BCUT2D eigenvalue weighted by Gasteiger charge is -2.35. The van der Waals surface area contributed by atoms with Gasteiger partial charge in [-0.1, -0.05) is 11.6 Å². The second-order valence-corrected chi connectivity index (χ2v) is 6.91. The van der Waals surface area contributed by atoms with E-state index in [1.54, 1.807) is 0 Å². The van der Waals surface area contributed by atoms with Gasteiger partial charge >= 0.3 is 5.97 Å². The van der Waals surface area contributed by atoms with Crippen LogP contribution in [0, 0.1) is 0 Å². The molecule has 1 aromatic carbocycles. The molecule has 21 heavy (non-hydrogen) atoms. The van der Waals surface area contributed by atoms with E-state index in [4.69, 9.17) is 21.4 Å². The SMILES string of the molecule is CCOC1CC(NS(=O)(=O)c2ccc(C(=O)O)cc2Cl)C1. The predicted octanol–water partition coefficient (Wildman–Crippen LogP) is 1.88. The van der Waals surface area contributed by atoms with Gasteiger partial charge in [-0.2, -0.15) is 0 Å². The van der Waals surface area contributed by atoms with Crippen LogP contribution in [-0.2, 0) is 14.8 Å². The van der Waals surface area contributed by atoms with Crippen LogP contribution in [0.4, 0.5) is 0 Å². The molecule has 0 saturated heterocycles. The fraction of sp³-hybridized carbons (Fsp3) is 0.462. The Bertz CT molecular complexity index is 640. The van der Waals surface area contributed by atoms with Crippen LogP contribution < -0.4 is 4.72 Å². The number of carboxylic acid groups (broad SMARTS) is 1. The van der Waals surface area contributed by atoms with Crippen molar-refractivity contribution in [1.29, 1.82) is 0 Å². The number of ether oxygens (including phenoxy) is 1. The van der Waals surface area contributed by atoms with Gasteiger partial charge in [-0.05, 0) is 38.0 Å². The summed E-state index contributed by atoms with van der Waals surface area (Å²) in [5.74, 6) is -1.16. The molecule has 0 atom stereocenters. The highest BCUT2D eigenvalue weighted by molar-refractivity contribution is 7.89. The molecule has 1 aromatic rings. The van der Waals surface area contributed by atoms with E-state index < -0.39 is 16.0 Å². The molecule has 1 fully saturated rings. The normalized spacial score (nSPS) is 21.8. The first kappa shape index (κ1) is 16.2. The third-order valence-corrected chi connectivity index (χ3v) is 5.29. The van der Waals surface area contributed by atoms with Crippen LogP contribution in [0.2, 0.25) is 5.02 Å². The molecule has 8 heteroatoms. The zero-order chi connectivity index (χ0) is 15.6. The average molecular weight is 334 g/mol. The Hall–Kier alpha value is -1.15. The second kappa shape index (κ2) is 6.31. The van der Waals surface area contributed by atoms with E-state index in [0.717, 1.165) is 6.07 Å². The zero-order valence-corrected chi connectivity index (χ0v) is 12.9. The third-order valence-electron chi connectivity index (χ3n) is 3.29. The monoisotopic (exact) mass is 333 g/mol. The van der Waals surface area contributed by atoms with Crippen molar-refractivity contribution >= 4 is 27.6 Å². The second-order valence-electron chi connectivity index (χ2n) is 4.82. The van der Waals surface area contributed by atoms with E-state index in [0.29, 0.717) is 19.4 Å². The number of hydrogen-bond donors (Lipinski definition) is 2. The third kappa shape index (κ3) is 3.74. The molecule has 116 valence electrons. The largest absolute Gasteiger partial charge is 0.478 e. The number of benzene rings is 1. The van der Waals surface area contributed by atoms with Crippen LogP contribution in [0.15, 0.2) is 23.1 Å². The predicted molar refractivity (Wildman–Crippen MR) is 77.2 cm³/mol. The lowest BCUT2D eigenvalue weighted by molar-refractivity contribution is -0.00476. The van der Waals surface area contributed by atoms with Crippen LogP contribution in [0.25, 0.3) is 0 Å². The molecule has 0 heterocycles. The van der Waals surface area contributed by atoms with Crippen molar-refractivity contribution in [2.24, 2.45) is 0 Å². The molecule has 1 saturated carbocycles. The molecule has 2 rings (SSSR count). The molecular formula is C13H16ClNO5S. The molecule has 0 aliphatic heterocycles. The summed E-state index contributed by atoms with van der Waals surface area (Å²) in [7, 11) is -3.76. The van der Waals surface area contributed by atoms with Crippen LogP contribution in [0.5, 0.6) is 0 Å². The Kier molecular flexibility index (Phi) is 4.88. The first-order chi connectivity index (χ1) is 9.83. The number of rotatable bonds is 6. The summed E-state index contributed by atoms with van der Waals surface area (Å²) < 4.78 is 32.4. The summed E-state index contributed by atoms with van der Waals surface area (Å²) in [5.41, 5.74) is -0.0565. The van der Waals surface area contributed by atoms with E-state index in [1.807, 2.05) is 6.92 Å². The highest BCUT2D eigenvalue weighted by Gasteiger charge is 2.33. The summed E-state index contributed by atoms with van der Waals surface area (Å²) in [6, 6.07) is 3.36. The minimum Gasteiger partial charge on any atom is -0.478 e. The Morgan fingerprint density at radius 2 is 2.14 bits per heavy atom. The summed E-state index contributed by atoms with van der Waals surface area (Å²) >= 11 is 5.87. The molecular weight excluding hydrogens is 318 g/mol. The molecule has 0 radical (unpaired) electrons. The molecule has 1 aliphatic rings. The van der Waals surface area contributed by atoms with Crippen LogP contribution >= 0.6 is 11.6 Å². The van der Waals surface area contributed by atoms with Crippen LogP contribution in [0.3, 0.4) is 0 Å². The minimum atomic E-state index is -3.76. The fourth-order valence-corrected chi connectivity index (χ4v) is 3.97. The van der Waals surface area contributed by atoms with Gasteiger partial charge in [0.15, 0.2) is 0 Å². The Morgan fingerprint density at radius 3 is 2.67 bits per heavy atom. The van der Waals surface area contributed by atoms with Crippen LogP contribution in [-0.4, -0.2) is 38.2 Å². The number of sulfonamides is 1. The van der Waals surface area contributed by atoms with E-state index in [9.17, 15) is 13.2 Å². The number of nitrogens with one attached hydrogen (secondary N) is 1. The molecule has 0 spiro atoms. The first-order valence-electron chi connectivity index (χ1n) is 6.50. The van der Waals surface area contributed by atoms with Gasteiger partial charge in [-0.25, -0.2) is 17.9 Å². The number of carbonyl (C=O) groups is 1. The number of halogens is 1. The maximum Gasteiger partial charge on any atom is 0.335 e. The molecule has 6 nitrogen and oxygen atoms in total. The van der Waals surface area contributed by atoms with Crippen molar-refractivity contribution in [3.63, 3.8) is 0 Å². The van der Waals surface area contributed by atoms with E-state index >= 15 is 0 Å². The topological polar surface area (TPSA) is 92.7 Å². The van der Waals surface area contributed by atoms with Crippen LogP contribution in [0.1, 0.15) is 30.1 Å². The van der Waals surface area contributed by atoms with Crippen molar-refractivity contribution < 1.29 is 23.1 Å². The summed E-state index contributed by atoms with van der Waals surface area (Å²) in [6.07, 6.45) is 1.34. The van der Waals surface area contributed by atoms with Crippen molar-refractivity contribution in [1.82, 2.24) is 4.72 Å². The molecule has 1 aliphatic carbocycles. The Morgan fingerprint density at radius 1 is 1.48 bits per heavy atom. The van der Waals surface area contributed by atoms with Gasteiger partial charge in [0.2, 0.25) is 10.0 Å². The molecule has 0 bridgehead atoms. The van der Waals surface area contributed by atoms with Gasteiger partial charge in [0, 0.05) is 12.6 Å². The molecule has 0 unspecified atom stereocenters. The summed E-state index contributed by atoms with van der Waals surface area (Å²) in [5, 5.41) is 8.73. The van der Waals surface area contributed by atoms with Gasteiger partial charge in [-0.15, -0.1) is 0 Å². The lowest BCUT2D eigenvalue weighted by Crippen LogP contribution is -2.47. The van der Waals surface area contributed by atoms with E-state index in [2.05, 4.69) is 4.72 Å².